The van der Waals surface area contributed by atoms with E-state index in [4.69, 9.17) is 11.6 Å². The Morgan fingerprint density at radius 2 is 2.00 bits per heavy atom. The molecule has 0 unspecified atom stereocenters. The molecule has 1 aromatic heterocycles. The summed E-state index contributed by atoms with van der Waals surface area (Å²) in [6, 6.07) is 13.0. The number of carbonyl (C=O) groups excluding carboxylic acids is 1. The van der Waals surface area contributed by atoms with Crippen LogP contribution in [-0.2, 0) is 11.2 Å². The molecule has 0 bridgehead atoms. The largest absolute Gasteiger partial charge is 0.302 e. The first-order valence-corrected chi connectivity index (χ1v) is 7.88. The summed E-state index contributed by atoms with van der Waals surface area (Å²) in [5.74, 6) is -0.0907. The maximum Gasteiger partial charge on any atom is 0.230 e. The number of halogens is 1. The quantitative estimate of drug-likeness (QED) is 0.696. The van der Waals surface area contributed by atoms with E-state index in [1.165, 1.54) is 11.3 Å². The number of hydrogen-bond acceptors (Lipinski definition) is 4. The van der Waals surface area contributed by atoms with Crippen molar-refractivity contribution in [3.63, 3.8) is 0 Å². The molecule has 0 saturated heterocycles. The summed E-state index contributed by atoms with van der Waals surface area (Å²) in [5, 5.41) is 4.07. The molecule has 0 aliphatic carbocycles. The van der Waals surface area contributed by atoms with Crippen LogP contribution in [0.2, 0.25) is 5.02 Å². The van der Waals surface area contributed by atoms with Crippen LogP contribution in [0.1, 0.15) is 5.56 Å². The van der Waals surface area contributed by atoms with Gasteiger partial charge >= 0.3 is 0 Å². The van der Waals surface area contributed by atoms with Gasteiger partial charge in [-0.3, -0.25) is 4.79 Å². The highest BCUT2D eigenvalue weighted by Gasteiger charge is 2.09. The molecule has 0 radical (unpaired) electrons. The van der Waals surface area contributed by atoms with E-state index in [2.05, 4.69) is 22.9 Å². The monoisotopic (exact) mass is 334 g/mol. The molecule has 1 N–H and O–H groups in total. The number of carbonyl (C=O) groups is 1. The number of thiol groups is 1. The molecule has 0 atom stereocenters. The number of aromatic nitrogens is 1. The lowest BCUT2D eigenvalue weighted by molar-refractivity contribution is -0.115. The fraction of sp³-hybridized carbons (Fsp3) is 0.0667. The zero-order valence-electron chi connectivity index (χ0n) is 10.8. The number of rotatable bonds is 3. The summed E-state index contributed by atoms with van der Waals surface area (Å²) in [7, 11) is 0. The molecule has 0 aliphatic heterocycles. The Morgan fingerprint density at radius 3 is 2.76 bits per heavy atom. The van der Waals surface area contributed by atoms with Gasteiger partial charge in [0.1, 0.15) is 0 Å². The number of fused-ring (bicyclic) bond motifs is 1. The van der Waals surface area contributed by atoms with Gasteiger partial charge < -0.3 is 5.32 Å². The van der Waals surface area contributed by atoms with Crippen LogP contribution in [0.15, 0.2) is 47.4 Å². The number of benzene rings is 2. The summed E-state index contributed by atoms with van der Waals surface area (Å²) < 4.78 is 0.956. The molecule has 1 amide bonds. The van der Waals surface area contributed by atoms with Crippen molar-refractivity contribution in [2.75, 3.05) is 5.32 Å². The first kappa shape index (κ1) is 14.4. The second kappa shape index (κ2) is 6.05. The van der Waals surface area contributed by atoms with Crippen LogP contribution < -0.4 is 5.32 Å². The standard InChI is InChI=1S/C15H11ClN2OS2/c16-10-3-6-12-13(8-10)21-15(17-12)18-14(19)7-9-1-4-11(20)5-2-9/h1-6,8,20H,7H2,(H,17,18,19). The van der Waals surface area contributed by atoms with Gasteiger partial charge in [0, 0.05) is 9.92 Å². The summed E-state index contributed by atoms with van der Waals surface area (Å²) in [6.45, 7) is 0. The summed E-state index contributed by atoms with van der Waals surface area (Å²) in [6.07, 6.45) is 0.310. The molecule has 0 fully saturated rings. The van der Waals surface area contributed by atoms with Crippen molar-refractivity contribution in [1.29, 1.82) is 0 Å². The van der Waals surface area contributed by atoms with E-state index in [9.17, 15) is 4.79 Å². The van der Waals surface area contributed by atoms with Crippen molar-refractivity contribution >= 4 is 56.8 Å². The van der Waals surface area contributed by atoms with Crippen molar-refractivity contribution in [2.45, 2.75) is 11.3 Å². The van der Waals surface area contributed by atoms with Gasteiger partial charge in [-0.2, -0.15) is 0 Å². The molecule has 0 spiro atoms. The first-order chi connectivity index (χ1) is 10.1. The average Bonchev–Trinajstić information content (AvgIpc) is 2.82. The van der Waals surface area contributed by atoms with Crippen LogP contribution in [0.3, 0.4) is 0 Å². The number of thiazole rings is 1. The second-order valence-electron chi connectivity index (χ2n) is 4.52. The lowest BCUT2D eigenvalue weighted by Crippen LogP contribution is -2.14. The van der Waals surface area contributed by atoms with Crippen molar-refractivity contribution in [2.24, 2.45) is 0 Å². The topological polar surface area (TPSA) is 42.0 Å². The van der Waals surface area contributed by atoms with Crippen LogP contribution in [0.4, 0.5) is 5.13 Å². The van der Waals surface area contributed by atoms with Crippen LogP contribution >= 0.6 is 35.6 Å². The van der Waals surface area contributed by atoms with Crippen LogP contribution in [-0.4, -0.2) is 10.9 Å². The Labute approximate surface area is 136 Å². The molecule has 0 saturated carbocycles. The van der Waals surface area contributed by atoms with E-state index in [1.54, 1.807) is 6.07 Å². The van der Waals surface area contributed by atoms with Crippen molar-refractivity contribution < 1.29 is 4.79 Å². The maximum absolute atomic E-state index is 12.0. The first-order valence-electron chi connectivity index (χ1n) is 6.24. The van der Waals surface area contributed by atoms with E-state index in [0.717, 1.165) is 20.7 Å². The molecule has 0 aliphatic rings. The van der Waals surface area contributed by atoms with Gasteiger partial charge in [0.05, 0.1) is 16.6 Å². The molecular formula is C15H11ClN2OS2. The van der Waals surface area contributed by atoms with Gasteiger partial charge in [-0.15, -0.1) is 12.6 Å². The smallest absolute Gasteiger partial charge is 0.230 e. The highest BCUT2D eigenvalue weighted by molar-refractivity contribution is 7.80. The van der Waals surface area contributed by atoms with Crippen molar-refractivity contribution in [1.82, 2.24) is 4.98 Å². The molecule has 21 heavy (non-hydrogen) atoms. The number of nitrogens with one attached hydrogen (secondary N) is 1. The van der Waals surface area contributed by atoms with E-state index in [1.807, 2.05) is 36.4 Å². The van der Waals surface area contributed by atoms with E-state index < -0.39 is 0 Å². The summed E-state index contributed by atoms with van der Waals surface area (Å²) >= 11 is 11.6. The van der Waals surface area contributed by atoms with E-state index in [0.29, 0.717) is 16.6 Å². The Balaban J connectivity index is 1.72. The van der Waals surface area contributed by atoms with Crippen molar-refractivity contribution in [3.8, 4) is 0 Å². The number of nitrogens with zero attached hydrogens (tertiary/aromatic N) is 1. The third kappa shape index (κ3) is 3.56. The van der Waals surface area contributed by atoms with Crippen molar-refractivity contribution in [3.05, 3.63) is 53.1 Å². The minimum absolute atomic E-state index is 0.0907. The van der Waals surface area contributed by atoms with Crippen LogP contribution in [0.5, 0.6) is 0 Å². The minimum atomic E-state index is -0.0907. The minimum Gasteiger partial charge on any atom is -0.302 e. The highest BCUT2D eigenvalue weighted by Crippen LogP contribution is 2.28. The highest BCUT2D eigenvalue weighted by atomic mass is 35.5. The number of hydrogen-bond donors (Lipinski definition) is 2. The fourth-order valence-corrected chi connectivity index (χ4v) is 3.22. The van der Waals surface area contributed by atoms with Gasteiger partial charge in [0.2, 0.25) is 5.91 Å². The Morgan fingerprint density at radius 1 is 1.24 bits per heavy atom. The Hall–Kier alpha value is -1.56. The zero-order valence-corrected chi connectivity index (χ0v) is 13.3. The van der Waals surface area contributed by atoms with E-state index >= 15 is 0 Å². The van der Waals surface area contributed by atoms with Gasteiger partial charge in [0.15, 0.2) is 5.13 Å². The van der Waals surface area contributed by atoms with Gasteiger partial charge in [-0.25, -0.2) is 4.98 Å². The Bertz CT molecular complexity index is 799. The lowest BCUT2D eigenvalue weighted by Gasteiger charge is -2.02. The van der Waals surface area contributed by atoms with E-state index in [-0.39, 0.29) is 5.91 Å². The summed E-state index contributed by atoms with van der Waals surface area (Å²) in [4.78, 5) is 17.3. The Kier molecular flexibility index (Phi) is 4.14. The lowest BCUT2D eigenvalue weighted by atomic mass is 10.1. The molecule has 6 heteroatoms. The van der Waals surface area contributed by atoms with Crippen LogP contribution in [0, 0.1) is 0 Å². The number of amides is 1. The SMILES string of the molecule is O=C(Cc1ccc(S)cc1)Nc1nc2ccc(Cl)cc2s1. The second-order valence-corrected chi connectivity index (χ2v) is 6.51. The molecule has 2 aromatic carbocycles. The van der Waals surface area contributed by atoms with Crippen LogP contribution in [0.25, 0.3) is 10.2 Å². The summed E-state index contributed by atoms with van der Waals surface area (Å²) in [5.41, 5.74) is 1.77. The molecule has 106 valence electrons. The molecule has 3 aromatic rings. The van der Waals surface area contributed by atoms with Gasteiger partial charge in [-0.1, -0.05) is 35.1 Å². The third-order valence-electron chi connectivity index (χ3n) is 2.90. The normalized spacial score (nSPS) is 10.8. The van der Waals surface area contributed by atoms with Gasteiger partial charge in [-0.05, 0) is 35.9 Å². The number of anilines is 1. The predicted octanol–water partition coefficient (Wildman–Crippen LogP) is 4.42. The predicted molar refractivity (Wildman–Crippen MR) is 90.7 cm³/mol. The molecule has 3 nitrogen and oxygen atoms in total. The zero-order chi connectivity index (χ0) is 14.8. The maximum atomic E-state index is 12.0. The average molecular weight is 335 g/mol. The molecule has 3 rings (SSSR count). The molecule has 1 heterocycles. The van der Waals surface area contributed by atoms with Gasteiger partial charge in [0.25, 0.3) is 0 Å². The fourth-order valence-electron chi connectivity index (χ4n) is 1.91. The molecular weight excluding hydrogens is 324 g/mol. The third-order valence-corrected chi connectivity index (χ3v) is 4.36.